The van der Waals surface area contributed by atoms with Crippen LogP contribution in [0.4, 0.5) is 11.5 Å². The number of pyridine rings is 1. The van der Waals surface area contributed by atoms with Crippen molar-refractivity contribution in [2.75, 3.05) is 63.6 Å². The van der Waals surface area contributed by atoms with Crippen molar-refractivity contribution >= 4 is 28.4 Å². The average molecular weight is 490 g/mol. The summed E-state index contributed by atoms with van der Waals surface area (Å²) in [7, 11) is 3.67. The minimum absolute atomic E-state index is 0.126. The molecular weight excluding hydrogens is 454 g/mol. The number of nitrogens with one attached hydrogen (secondary N) is 2. The smallest absolute Gasteiger partial charge is 0.225 e. The molecule has 9 heteroatoms. The number of nitrogens with zero attached hydrogens (tertiary/aromatic N) is 5. The molecule has 2 fully saturated rings. The highest BCUT2D eigenvalue weighted by molar-refractivity contribution is 5.88. The third-order valence-corrected chi connectivity index (χ3v) is 7.13. The van der Waals surface area contributed by atoms with Crippen molar-refractivity contribution in [3.05, 3.63) is 42.7 Å². The molecule has 4 heterocycles. The van der Waals surface area contributed by atoms with E-state index in [0.717, 1.165) is 61.3 Å². The highest BCUT2D eigenvalue weighted by Gasteiger charge is 2.28. The van der Waals surface area contributed by atoms with Crippen LogP contribution in [0.3, 0.4) is 0 Å². The molecule has 3 aromatic rings. The van der Waals surface area contributed by atoms with Crippen LogP contribution in [0, 0.1) is 5.92 Å². The fourth-order valence-electron chi connectivity index (χ4n) is 4.99. The maximum Gasteiger partial charge on any atom is 0.225 e. The molecule has 5 rings (SSSR count). The van der Waals surface area contributed by atoms with Crippen molar-refractivity contribution in [1.82, 2.24) is 25.2 Å². The first kappa shape index (κ1) is 24.4. The number of anilines is 2. The van der Waals surface area contributed by atoms with Crippen molar-refractivity contribution in [1.29, 1.82) is 0 Å². The maximum absolute atomic E-state index is 12.3. The Morgan fingerprint density at radius 3 is 2.64 bits per heavy atom. The van der Waals surface area contributed by atoms with Crippen LogP contribution >= 0.6 is 0 Å². The second-order valence-corrected chi connectivity index (χ2v) is 10.1. The summed E-state index contributed by atoms with van der Waals surface area (Å²) in [5.41, 5.74) is 4.28. The minimum atomic E-state index is -0.309. The molecule has 2 aliphatic rings. The van der Waals surface area contributed by atoms with Crippen LogP contribution in [-0.4, -0.2) is 84.8 Å². The number of piperidine rings is 1. The van der Waals surface area contributed by atoms with Gasteiger partial charge in [0.25, 0.3) is 0 Å². The number of aromatic nitrogens is 3. The Balaban J connectivity index is 1.33. The molecule has 190 valence electrons. The summed E-state index contributed by atoms with van der Waals surface area (Å²) in [4.78, 5) is 30.4. The molecule has 0 unspecified atom stereocenters. The molecule has 0 aliphatic carbocycles. The van der Waals surface area contributed by atoms with Gasteiger partial charge < -0.3 is 25.2 Å². The first-order chi connectivity index (χ1) is 17.4. The molecule has 1 amide bonds. The summed E-state index contributed by atoms with van der Waals surface area (Å²) in [5.74, 6) is 1.07. The van der Waals surface area contributed by atoms with Gasteiger partial charge in [0.15, 0.2) is 5.82 Å². The van der Waals surface area contributed by atoms with E-state index < -0.39 is 0 Å². The van der Waals surface area contributed by atoms with Gasteiger partial charge in [0.2, 0.25) is 5.91 Å². The molecule has 9 nitrogen and oxygen atoms in total. The molecule has 0 spiro atoms. The standard InChI is InChI=1S/C27H35N7O2/c1-27(17-28-12-15-36-27)18-31-25-24-23(29-10-11-30-24)16-22(32-25)19-4-6-21(7-5-19)34-13-8-20(9-14-34)26(35)33(2)3/h4-7,10-11,16,20,28H,8-9,12-15,17-18H2,1-3H3,(H,31,32)/t27-/m1/s1. The molecule has 1 atom stereocenters. The van der Waals surface area contributed by atoms with Crippen molar-refractivity contribution in [3.8, 4) is 11.3 Å². The Labute approximate surface area is 212 Å². The van der Waals surface area contributed by atoms with E-state index in [-0.39, 0.29) is 17.4 Å². The maximum atomic E-state index is 12.3. The van der Waals surface area contributed by atoms with Gasteiger partial charge in [-0.05, 0) is 38.0 Å². The number of fused-ring (bicyclic) bond motifs is 1. The number of carbonyl (C=O) groups is 1. The Kier molecular flexibility index (Phi) is 7.02. The Bertz CT molecular complexity index is 1200. The van der Waals surface area contributed by atoms with Gasteiger partial charge in [0.05, 0.1) is 23.4 Å². The Morgan fingerprint density at radius 2 is 1.94 bits per heavy atom. The van der Waals surface area contributed by atoms with Crippen LogP contribution in [0.5, 0.6) is 0 Å². The van der Waals surface area contributed by atoms with Gasteiger partial charge in [-0.3, -0.25) is 9.78 Å². The van der Waals surface area contributed by atoms with E-state index in [2.05, 4.69) is 56.7 Å². The zero-order valence-corrected chi connectivity index (χ0v) is 21.3. The van der Waals surface area contributed by atoms with Gasteiger partial charge in [0.1, 0.15) is 5.52 Å². The quantitative estimate of drug-likeness (QED) is 0.546. The SMILES string of the molecule is CN(C)C(=O)C1CCN(c2ccc(-c3cc4nccnc4c(NC[C@@]4(C)CNCCO4)n3)cc2)CC1. The molecule has 0 bridgehead atoms. The topological polar surface area (TPSA) is 95.5 Å². The van der Waals surface area contributed by atoms with Crippen LogP contribution in [0.15, 0.2) is 42.7 Å². The highest BCUT2D eigenvalue weighted by atomic mass is 16.5. The second-order valence-electron chi connectivity index (χ2n) is 10.1. The lowest BCUT2D eigenvalue weighted by atomic mass is 9.95. The van der Waals surface area contributed by atoms with Gasteiger partial charge in [-0.15, -0.1) is 0 Å². The van der Waals surface area contributed by atoms with Gasteiger partial charge in [-0.25, -0.2) is 9.97 Å². The highest BCUT2D eigenvalue weighted by Crippen LogP contribution is 2.29. The molecule has 36 heavy (non-hydrogen) atoms. The number of hydrogen-bond donors (Lipinski definition) is 2. The summed E-state index contributed by atoms with van der Waals surface area (Å²) < 4.78 is 6.00. The predicted octanol–water partition coefficient (Wildman–Crippen LogP) is 2.79. The van der Waals surface area contributed by atoms with E-state index in [9.17, 15) is 4.79 Å². The van der Waals surface area contributed by atoms with E-state index in [4.69, 9.17) is 9.72 Å². The molecule has 2 aliphatic heterocycles. The zero-order chi connectivity index (χ0) is 25.1. The molecule has 2 aromatic heterocycles. The third kappa shape index (κ3) is 5.27. The minimum Gasteiger partial charge on any atom is -0.371 e. The second kappa shape index (κ2) is 10.4. The van der Waals surface area contributed by atoms with E-state index in [1.54, 1.807) is 17.3 Å². The number of carbonyl (C=O) groups excluding carboxylic acids is 1. The number of rotatable bonds is 6. The van der Waals surface area contributed by atoms with E-state index in [1.807, 2.05) is 20.2 Å². The third-order valence-electron chi connectivity index (χ3n) is 7.13. The van der Waals surface area contributed by atoms with Gasteiger partial charge in [-0.1, -0.05) is 12.1 Å². The first-order valence-corrected chi connectivity index (χ1v) is 12.7. The van der Waals surface area contributed by atoms with Crippen LogP contribution in [0.25, 0.3) is 22.3 Å². The molecule has 0 radical (unpaired) electrons. The Morgan fingerprint density at radius 1 is 1.19 bits per heavy atom. The zero-order valence-electron chi connectivity index (χ0n) is 21.3. The fraction of sp³-hybridized carbons (Fsp3) is 0.481. The monoisotopic (exact) mass is 489 g/mol. The summed E-state index contributed by atoms with van der Waals surface area (Å²) >= 11 is 0. The summed E-state index contributed by atoms with van der Waals surface area (Å²) in [5, 5.41) is 6.87. The largest absolute Gasteiger partial charge is 0.371 e. The number of benzene rings is 1. The number of amides is 1. The number of ether oxygens (including phenoxy) is 1. The lowest BCUT2D eigenvalue weighted by Gasteiger charge is -2.34. The van der Waals surface area contributed by atoms with E-state index in [0.29, 0.717) is 19.0 Å². The van der Waals surface area contributed by atoms with Gasteiger partial charge in [0, 0.05) is 76.4 Å². The van der Waals surface area contributed by atoms with Crippen molar-refractivity contribution in [2.45, 2.75) is 25.4 Å². The van der Waals surface area contributed by atoms with Crippen molar-refractivity contribution < 1.29 is 9.53 Å². The normalized spacial score (nSPS) is 20.9. The van der Waals surface area contributed by atoms with Crippen molar-refractivity contribution in [3.63, 3.8) is 0 Å². The summed E-state index contributed by atoms with van der Waals surface area (Å²) in [6.45, 7) is 6.84. The fourth-order valence-corrected chi connectivity index (χ4v) is 4.99. The molecule has 0 saturated carbocycles. The van der Waals surface area contributed by atoms with Crippen LogP contribution in [0.2, 0.25) is 0 Å². The lowest BCUT2D eigenvalue weighted by molar-refractivity contribution is -0.133. The predicted molar refractivity (Wildman–Crippen MR) is 142 cm³/mol. The van der Waals surface area contributed by atoms with Crippen LogP contribution < -0.4 is 15.5 Å². The van der Waals surface area contributed by atoms with E-state index >= 15 is 0 Å². The van der Waals surface area contributed by atoms with Crippen LogP contribution in [0.1, 0.15) is 19.8 Å². The van der Waals surface area contributed by atoms with Crippen LogP contribution in [-0.2, 0) is 9.53 Å². The molecule has 1 aromatic carbocycles. The Hall–Kier alpha value is -3.30. The number of morpholine rings is 1. The van der Waals surface area contributed by atoms with Gasteiger partial charge in [-0.2, -0.15) is 0 Å². The summed E-state index contributed by atoms with van der Waals surface area (Å²) in [6, 6.07) is 10.5. The molecule has 2 saturated heterocycles. The molecular formula is C27H35N7O2. The summed E-state index contributed by atoms with van der Waals surface area (Å²) in [6.07, 6.45) is 5.17. The first-order valence-electron chi connectivity index (χ1n) is 12.7. The van der Waals surface area contributed by atoms with E-state index in [1.165, 1.54) is 5.69 Å². The molecule has 2 N–H and O–H groups in total. The lowest BCUT2D eigenvalue weighted by Crippen LogP contribution is -2.51. The van der Waals surface area contributed by atoms with Gasteiger partial charge >= 0.3 is 0 Å². The van der Waals surface area contributed by atoms with Crippen molar-refractivity contribution in [2.24, 2.45) is 5.92 Å². The number of hydrogen-bond acceptors (Lipinski definition) is 8. The average Bonchev–Trinajstić information content (AvgIpc) is 2.92.